The Balaban J connectivity index is 1.48. The summed E-state index contributed by atoms with van der Waals surface area (Å²) >= 11 is 0. The summed E-state index contributed by atoms with van der Waals surface area (Å²) in [6.45, 7) is 0.310. The largest absolute Gasteiger partial charge is 0.355 e. The quantitative estimate of drug-likeness (QED) is 0.628. The molecule has 3 aromatic heterocycles. The molecule has 0 spiro atoms. The van der Waals surface area contributed by atoms with Gasteiger partial charge in [-0.3, -0.25) is 4.79 Å². The summed E-state index contributed by atoms with van der Waals surface area (Å²) in [6, 6.07) is 17.0. The molecule has 0 aliphatic carbocycles. The van der Waals surface area contributed by atoms with Gasteiger partial charge in [0.15, 0.2) is 11.5 Å². The standard InChI is InChI=1S/C18H14N4O2/c23-18(15-10-16(24-21-15)13-6-2-1-3-7-13)20-12-17-19-11-14-8-4-5-9-22(14)17/h1-11H,12H2,(H,20,23). The number of hydrogen-bond donors (Lipinski definition) is 1. The Morgan fingerprint density at radius 3 is 2.83 bits per heavy atom. The van der Waals surface area contributed by atoms with E-state index in [1.54, 1.807) is 12.3 Å². The van der Waals surface area contributed by atoms with E-state index in [-0.39, 0.29) is 11.6 Å². The molecule has 0 fully saturated rings. The van der Waals surface area contributed by atoms with E-state index in [1.807, 2.05) is 59.1 Å². The molecule has 118 valence electrons. The maximum absolute atomic E-state index is 12.2. The lowest BCUT2D eigenvalue weighted by Crippen LogP contribution is -2.24. The van der Waals surface area contributed by atoms with Gasteiger partial charge in [0, 0.05) is 17.8 Å². The number of carbonyl (C=O) groups excluding carboxylic acids is 1. The second-order valence-electron chi connectivity index (χ2n) is 5.30. The van der Waals surface area contributed by atoms with Gasteiger partial charge in [-0.2, -0.15) is 0 Å². The molecule has 3 heterocycles. The summed E-state index contributed by atoms with van der Waals surface area (Å²) in [7, 11) is 0. The van der Waals surface area contributed by atoms with Crippen LogP contribution in [-0.2, 0) is 6.54 Å². The van der Waals surface area contributed by atoms with E-state index in [4.69, 9.17) is 4.52 Å². The summed E-state index contributed by atoms with van der Waals surface area (Å²) in [5.41, 5.74) is 2.10. The minimum atomic E-state index is -0.298. The highest BCUT2D eigenvalue weighted by Crippen LogP contribution is 2.19. The van der Waals surface area contributed by atoms with Crippen LogP contribution in [0.1, 0.15) is 16.3 Å². The third kappa shape index (κ3) is 2.65. The average Bonchev–Trinajstić information content (AvgIpc) is 3.28. The zero-order valence-electron chi connectivity index (χ0n) is 12.7. The van der Waals surface area contributed by atoms with E-state index in [0.29, 0.717) is 12.3 Å². The molecule has 1 amide bonds. The van der Waals surface area contributed by atoms with Crippen LogP contribution in [0.5, 0.6) is 0 Å². The number of nitrogens with one attached hydrogen (secondary N) is 1. The third-order valence-corrected chi connectivity index (χ3v) is 3.72. The fourth-order valence-corrected chi connectivity index (χ4v) is 2.50. The molecule has 0 bridgehead atoms. The predicted molar refractivity (Wildman–Crippen MR) is 88.3 cm³/mol. The van der Waals surface area contributed by atoms with Gasteiger partial charge in [-0.1, -0.05) is 41.6 Å². The van der Waals surface area contributed by atoms with E-state index < -0.39 is 0 Å². The van der Waals surface area contributed by atoms with Crippen LogP contribution in [0.25, 0.3) is 16.8 Å². The molecule has 4 rings (SSSR count). The summed E-state index contributed by atoms with van der Waals surface area (Å²) in [6.07, 6.45) is 3.68. The third-order valence-electron chi connectivity index (χ3n) is 3.72. The van der Waals surface area contributed by atoms with Crippen LogP contribution in [0.4, 0.5) is 0 Å². The van der Waals surface area contributed by atoms with Crippen molar-refractivity contribution in [3.63, 3.8) is 0 Å². The van der Waals surface area contributed by atoms with Crippen LogP contribution < -0.4 is 5.32 Å². The van der Waals surface area contributed by atoms with Crippen molar-refractivity contribution in [2.75, 3.05) is 0 Å². The van der Waals surface area contributed by atoms with Crippen LogP contribution in [-0.4, -0.2) is 20.4 Å². The normalized spacial score (nSPS) is 10.8. The van der Waals surface area contributed by atoms with Crippen molar-refractivity contribution in [1.82, 2.24) is 19.9 Å². The molecule has 1 aromatic carbocycles. The minimum Gasteiger partial charge on any atom is -0.355 e. The Labute approximate surface area is 137 Å². The van der Waals surface area contributed by atoms with Gasteiger partial charge < -0.3 is 14.2 Å². The number of rotatable bonds is 4. The first kappa shape index (κ1) is 14.2. The fraction of sp³-hybridized carbons (Fsp3) is 0.0556. The molecule has 6 heteroatoms. The van der Waals surface area contributed by atoms with Gasteiger partial charge in [-0.25, -0.2) is 4.98 Å². The van der Waals surface area contributed by atoms with Crippen LogP contribution in [0.15, 0.2) is 71.5 Å². The molecule has 4 aromatic rings. The number of pyridine rings is 1. The zero-order valence-corrected chi connectivity index (χ0v) is 12.7. The van der Waals surface area contributed by atoms with Gasteiger partial charge in [0.1, 0.15) is 5.82 Å². The van der Waals surface area contributed by atoms with E-state index in [9.17, 15) is 4.79 Å². The van der Waals surface area contributed by atoms with Gasteiger partial charge in [-0.15, -0.1) is 0 Å². The smallest absolute Gasteiger partial charge is 0.273 e. The van der Waals surface area contributed by atoms with Crippen LogP contribution >= 0.6 is 0 Å². The van der Waals surface area contributed by atoms with Crippen molar-refractivity contribution in [3.8, 4) is 11.3 Å². The Morgan fingerprint density at radius 2 is 1.96 bits per heavy atom. The first-order valence-corrected chi connectivity index (χ1v) is 7.52. The predicted octanol–water partition coefficient (Wildman–Crippen LogP) is 2.92. The van der Waals surface area contributed by atoms with Crippen molar-refractivity contribution in [3.05, 3.63) is 78.5 Å². The SMILES string of the molecule is O=C(NCc1ncc2ccccn12)c1cc(-c2ccccc2)on1. The fourth-order valence-electron chi connectivity index (χ4n) is 2.50. The number of benzene rings is 1. The molecular formula is C18H14N4O2. The highest BCUT2D eigenvalue weighted by atomic mass is 16.5. The van der Waals surface area contributed by atoms with E-state index in [0.717, 1.165) is 16.9 Å². The van der Waals surface area contributed by atoms with Gasteiger partial charge in [0.25, 0.3) is 5.91 Å². The maximum Gasteiger partial charge on any atom is 0.273 e. The lowest BCUT2D eigenvalue weighted by atomic mass is 10.1. The number of imidazole rings is 1. The number of fused-ring (bicyclic) bond motifs is 1. The molecule has 6 nitrogen and oxygen atoms in total. The molecule has 0 saturated heterocycles. The van der Waals surface area contributed by atoms with Crippen molar-refractivity contribution in [2.45, 2.75) is 6.54 Å². The average molecular weight is 318 g/mol. The Hall–Kier alpha value is -3.41. The Bertz CT molecular complexity index is 988. The number of hydrogen-bond acceptors (Lipinski definition) is 4. The summed E-state index contributed by atoms with van der Waals surface area (Å²) in [4.78, 5) is 16.6. The van der Waals surface area contributed by atoms with Crippen molar-refractivity contribution in [2.24, 2.45) is 0 Å². The van der Waals surface area contributed by atoms with Crippen LogP contribution in [0, 0.1) is 0 Å². The number of aromatic nitrogens is 3. The summed E-state index contributed by atoms with van der Waals surface area (Å²) < 4.78 is 7.18. The molecule has 0 radical (unpaired) electrons. The van der Waals surface area contributed by atoms with Gasteiger partial charge in [-0.05, 0) is 12.1 Å². The number of carbonyl (C=O) groups is 1. The monoisotopic (exact) mass is 318 g/mol. The lowest BCUT2D eigenvalue weighted by molar-refractivity contribution is 0.0941. The summed E-state index contributed by atoms with van der Waals surface area (Å²) in [5.74, 6) is 1.02. The van der Waals surface area contributed by atoms with Gasteiger partial charge in [0.05, 0.1) is 18.3 Å². The first-order valence-electron chi connectivity index (χ1n) is 7.52. The Morgan fingerprint density at radius 1 is 1.12 bits per heavy atom. The first-order chi connectivity index (χ1) is 11.8. The van der Waals surface area contributed by atoms with E-state index >= 15 is 0 Å². The highest BCUT2D eigenvalue weighted by Gasteiger charge is 2.14. The Kier molecular flexibility index (Phi) is 3.55. The van der Waals surface area contributed by atoms with Gasteiger partial charge in [0.2, 0.25) is 0 Å². The van der Waals surface area contributed by atoms with Crippen molar-refractivity contribution >= 4 is 11.4 Å². The van der Waals surface area contributed by atoms with Crippen LogP contribution in [0.3, 0.4) is 0 Å². The molecule has 0 aliphatic rings. The number of nitrogens with zero attached hydrogens (tertiary/aromatic N) is 3. The van der Waals surface area contributed by atoms with E-state index in [1.165, 1.54) is 0 Å². The highest BCUT2D eigenvalue weighted by molar-refractivity contribution is 5.93. The molecule has 0 unspecified atom stereocenters. The number of amides is 1. The van der Waals surface area contributed by atoms with E-state index in [2.05, 4.69) is 15.5 Å². The molecule has 0 atom stereocenters. The molecule has 1 N–H and O–H groups in total. The van der Waals surface area contributed by atoms with Crippen molar-refractivity contribution < 1.29 is 9.32 Å². The van der Waals surface area contributed by atoms with Gasteiger partial charge >= 0.3 is 0 Å². The second kappa shape index (κ2) is 6.00. The lowest BCUT2D eigenvalue weighted by Gasteiger charge is -2.02. The zero-order chi connectivity index (χ0) is 16.4. The molecule has 24 heavy (non-hydrogen) atoms. The maximum atomic E-state index is 12.2. The minimum absolute atomic E-state index is 0.245. The molecule has 0 aliphatic heterocycles. The second-order valence-corrected chi connectivity index (χ2v) is 5.30. The van der Waals surface area contributed by atoms with Crippen LogP contribution in [0.2, 0.25) is 0 Å². The topological polar surface area (TPSA) is 72.4 Å². The molecule has 0 saturated carbocycles. The molecular weight excluding hydrogens is 304 g/mol. The van der Waals surface area contributed by atoms with Crippen molar-refractivity contribution in [1.29, 1.82) is 0 Å². The summed E-state index contributed by atoms with van der Waals surface area (Å²) in [5, 5.41) is 6.65.